The number of hydrogen-bond acceptors (Lipinski definition) is 14. The molecule has 3 amide bonds. The molecule has 0 spiro atoms. The summed E-state index contributed by atoms with van der Waals surface area (Å²) in [5, 5.41) is 62.1. The number of aliphatic carboxylic acids is 6. The van der Waals surface area contributed by atoms with Gasteiger partial charge in [-0.2, -0.15) is 0 Å². The molecule has 9 N–H and O–H groups in total. The van der Waals surface area contributed by atoms with E-state index in [9.17, 15) is 53.4 Å². The van der Waals surface area contributed by atoms with E-state index in [1.807, 2.05) is 36.2 Å². The summed E-state index contributed by atoms with van der Waals surface area (Å²) in [6.45, 7) is 4.61. The van der Waals surface area contributed by atoms with E-state index >= 15 is 0 Å². The van der Waals surface area contributed by atoms with E-state index in [0.717, 1.165) is 42.1 Å². The van der Waals surface area contributed by atoms with Crippen molar-refractivity contribution >= 4 is 70.0 Å². The minimum atomic E-state index is -1.47. The Labute approximate surface area is 392 Å². The lowest BCUT2D eigenvalue weighted by atomic mass is 10.1. The third-order valence-corrected chi connectivity index (χ3v) is 10.8. The van der Waals surface area contributed by atoms with Crippen LogP contribution in [-0.2, 0) is 44.9 Å². The SMILES string of the molecule is CNCCCCCC(=O)N(CCCCC(NC(=O)NC(CCC(=O)O)C(=O)O)C(=O)O)Cc1ccc(Br)cc1.O=CCN1CCN(CC(=O)O)CCN(CC(=O)O)CCN(CC(=O)O)CC1. The van der Waals surface area contributed by atoms with Crippen molar-refractivity contribution < 1.29 is 73.8 Å². The Morgan fingerprint density at radius 1 is 0.621 bits per heavy atom. The quantitative estimate of drug-likeness (QED) is 0.0407. The van der Waals surface area contributed by atoms with E-state index in [1.165, 1.54) is 0 Å². The van der Waals surface area contributed by atoms with E-state index in [1.54, 1.807) is 19.6 Å². The zero-order chi connectivity index (χ0) is 49.4. The highest BCUT2D eigenvalue weighted by Crippen LogP contribution is 2.15. The molecule has 24 heteroatoms. The van der Waals surface area contributed by atoms with E-state index in [2.05, 4.69) is 31.9 Å². The molecular weight excluding hydrogens is 936 g/mol. The normalized spacial score (nSPS) is 15.3. The van der Waals surface area contributed by atoms with Crippen LogP contribution >= 0.6 is 15.9 Å². The zero-order valence-electron chi connectivity index (χ0n) is 37.5. The minimum absolute atomic E-state index is 0.0238. The summed E-state index contributed by atoms with van der Waals surface area (Å²) < 4.78 is 0.932. The van der Waals surface area contributed by atoms with Crippen LogP contribution in [0.15, 0.2) is 28.7 Å². The molecular formula is C42H67BrN8O15. The number of carboxylic acids is 6. The van der Waals surface area contributed by atoms with Gasteiger partial charge in [-0.1, -0.05) is 34.5 Å². The maximum Gasteiger partial charge on any atom is 0.326 e. The second kappa shape index (κ2) is 34.1. The summed E-state index contributed by atoms with van der Waals surface area (Å²) in [7, 11) is 1.89. The van der Waals surface area contributed by atoms with Crippen LogP contribution in [0.25, 0.3) is 0 Å². The van der Waals surface area contributed by atoms with Crippen LogP contribution < -0.4 is 16.0 Å². The van der Waals surface area contributed by atoms with Crippen molar-refractivity contribution in [3.8, 4) is 0 Å². The number of urea groups is 1. The number of aldehydes is 1. The molecule has 2 atom stereocenters. The van der Waals surface area contributed by atoms with Crippen molar-refractivity contribution in [2.45, 2.75) is 76.4 Å². The van der Waals surface area contributed by atoms with Crippen molar-refractivity contribution in [1.82, 2.24) is 40.4 Å². The van der Waals surface area contributed by atoms with Gasteiger partial charge in [0.2, 0.25) is 5.91 Å². The molecule has 2 rings (SSSR count). The number of halogens is 1. The second-order valence-electron chi connectivity index (χ2n) is 15.7. The first-order valence-electron chi connectivity index (χ1n) is 21.7. The van der Waals surface area contributed by atoms with Gasteiger partial charge in [-0.15, -0.1) is 0 Å². The molecule has 1 fully saturated rings. The summed E-state index contributed by atoms with van der Waals surface area (Å²) in [6.07, 6.45) is 4.05. The summed E-state index contributed by atoms with van der Waals surface area (Å²) in [4.78, 5) is 112. The van der Waals surface area contributed by atoms with E-state index in [0.29, 0.717) is 84.7 Å². The Hall–Kier alpha value is -5.27. The lowest BCUT2D eigenvalue weighted by Gasteiger charge is -2.32. The predicted octanol–water partition coefficient (Wildman–Crippen LogP) is 0.459. The number of hydrogen-bond donors (Lipinski definition) is 9. The molecule has 23 nitrogen and oxygen atoms in total. The molecule has 1 aromatic rings. The maximum absolute atomic E-state index is 12.9. The average molecular weight is 1000 g/mol. The lowest BCUT2D eigenvalue weighted by Crippen LogP contribution is -2.51. The Kier molecular flexibility index (Phi) is 30.4. The number of nitrogens with one attached hydrogen (secondary N) is 3. The standard InChI is InChI=1S/C26H39BrN4O8.C16H28N4O7/c1-28-15-5-2-3-8-22(32)31(17-18-9-11-19(27)12-10-18)16-6-4-7-20(24(35)36)29-26(39)30-21(25(37)38)13-14-23(33)34;21-10-9-17-1-3-18(11-14(22)23)5-7-20(13-16(26)27)8-6-19(4-2-17)12-15(24)25/h9-12,20-21,28H,2-8,13-17H2,1H3,(H,33,34)(H,35,36)(H,37,38)(H2,29,30,39);10H,1-9,11-13H2,(H,22,23)(H,24,25)(H,26,27). The van der Waals surface area contributed by atoms with E-state index in [-0.39, 0.29) is 44.9 Å². The highest BCUT2D eigenvalue weighted by molar-refractivity contribution is 9.10. The van der Waals surface area contributed by atoms with Gasteiger partial charge in [-0.05, 0) is 69.8 Å². The molecule has 2 unspecified atom stereocenters. The molecule has 1 aromatic carbocycles. The van der Waals surface area contributed by atoms with Crippen LogP contribution in [-0.4, -0.2) is 220 Å². The highest BCUT2D eigenvalue weighted by Gasteiger charge is 2.25. The Morgan fingerprint density at radius 2 is 1.09 bits per heavy atom. The number of rotatable bonds is 28. The number of carboxylic acid groups (broad SMARTS) is 6. The first-order chi connectivity index (χ1) is 31.3. The maximum atomic E-state index is 12.9. The number of benzene rings is 1. The summed E-state index contributed by atoms with van der Waals surface area (Å²) in [6, 6.07) is 3.92. The van der Waals surface area contributed by atoms with Gasteiger partial charge in [0, 0.05) is 82.8 Å². The summed E-state index contributed by atoms with van der Waals surface area (Å²) >= 11 is 3.40. The van der Waals surface area contributed by atoms with Crippen LogP contribution in [0.3, 0.4) is 0 Å². The van der Waals surface area contributed by atoms with Crippen LogP contribution in [0, 0.1) is 0 Å². The van der Waals surface area contributed by atoms with Crippen LogP contribution in [0.1, 0.15) is 63.4 Å². The molecule has 0 radical (unpaired) electrons. The highest BCUT2D eigenvalue weighted by atomic mass is 79.9. The Balaban J connectivity index is 0.000000705. The van der Waals surface area contributed by atoms with Crippen molar-refractivity contribution in [3.05, 3.63) is 34.3 Å². The Bertz CT molecular complexity index is 1660. The fourth-order valence-electron chi connectivity index (χ4n) is 6.72. The fraction of sp³-hybridized carbons (Fsp3) is 0.643. The first-order valence-corrected chi connectivity index (χ1v) is 22.5. The number of carbonyl (C=O) groups is 9. The topological polar surface area (TPSA) is 327 Å². The number of nitrogens with zero attached hydrogens (tertiary/aromatic N) is 5. The molecule has 0 bridgehead atoms. The molecule has 1 saturated heterocycles. The monoisotopic (exact) mass is 1000 g/mol. The first kappa shape index (κ1) is 58.7. The largest absolute Gasteiger partial charge is 0.481 e. The second-order valence-corrected chi connectivity index (χ2v) is 16.6. The molecule has 66 heavy (non-hydrogen) atoms. The van der Waals surface area contributed by atoms with Crippen molar-refractivity contribution in [1.29, 1.82) is 0 Å². The van der Waals surface area contributed by atoms with Gasteiger partial charge in [-0.3, -0.25) is 43.6 Å². The molecule has 0 saturated carbocycles. The third kappa shape index (κ3) is 28.6. The van der Waals surface area contributed by atoms with Crippen LogP contribution in [0.2, 0.25) is 0 Å². The van der Waals surface area contributed by atoms with Crippen LogP contribution in [0.4, 0.5) is 4.79 Å². The summed E-state index contributed by atoms with van der Waals surface area (Å²) in [5.41, 5.74) is 0.972. The van der Waals surface area contributed by atoms with E-state index in [4.69, 9.17) is 20.4 Å². The van der Waals surface area contributed by atoms with E-state index < -0.39 is 60.4 Å². The smallest absolute Gasteiger partial charge is 0.326 e. The number of amides is 3. The van der Waals surface area contributed by atoms with Crippen molar-refractivity contribution in [2.75, 3.05) is 98.7 Å². The van der Waals surface area contributed by atoms with Crippen LogP contribution in [0.5, 0.6) is 0 Å². The fourth-order valence-corrected chi connectivity index (χ4v) is 6.99. The van der Waals surface area contributed by atoms with Gasteiger partial charge in [-0.25, -0.2) is 14.4 Å². The zero-order valence-corrected chi connectivity index (χ0v) is 39.1. The number of carbonyl (C=O) groups excluding carboxylic acids is 3. The lowest BCUT2D eigenvalue weighted by molar-refractivity contribution is -0.141. The molecule has 1 heterocycles. The van der Waals surface area contributed by atoms with Crippen molar-refractivity contribution in [2.24, 2.45) is 0 Å². The average Bonchev–Trinajstić information content (AvgIpc) is 3.23. The molecule has 372 valence electrons. The van der Waals surface area contributed by atoms with Gasteiger partial charge in [0.1, 0.15) is 18.4 Å². The molecule has 0 aliphatic carbocycles. The third-order valence-electron chi connectivity index (χ3n) is 10.3. The Morgan fingerprint density at radius 3 is 1.52 bits per heavy atom. The number of unbranched alkanes of at least 4 members (excludes halogenated alkanes) is 3. The van der Waals surface area contributed by atoms with Gasteiger partial charge in [0.25, 0.3) is 0 Å². The predicted molar refractivity (Wildman–Crippen MR) is 242 cm³/mol. The molecule has 0 aromatic heterocycles. The van der Waals surface area contributed by atoms with Gasteiger partial charge < -0.3 is 56.3 Å². The van der Waals surface area contributed by atoms with Crippen molar-refractivity contribution in [3.63, 3.8) is 0 Å². The summed E-state index contributed by atoms with van der Waals surface area (Å²) in [5.74, 6) is -6.83. The molecule has 1 aliphatic rings. The van der Waals surface area contributed by atoms with Gasteiger partial charge in [0.15, 0.2) is 0 Å². The minimum Gasteiger partial charge on any atom is -0.481 e. The molecule has 1 aliphatic heterocycles. The van der Waals surface area contributed by atoms with Gasteiger partial charge in [0.05, 0.1) is 26.2 Å². The van der Waals surface area contributed by atoms with Gasteiger partial charge >= 0.3 is 41.8 Å².